The number of fused-ring (bicyclic) bond motifs is 1. The van der Waals surface area contributed by atoms with E-state index < -0.39 is 0 Å². The predicted molar refractivity (Wildman–Crippen MR) is 103 cm³/mol. The molecule has 1 aliphatic rings. The fraction of sp³-hybridized carbons (Fsp3) is 0.389. The van der Waals surface area contributed by atoms with Gasteiger partial charge in [0.15, 0.2) is 5.13 Å². The summed E-state index contributed by atoms with van der Waals surface area (Å²) in [6.07, 6.45) is 5.65. The van der Waals surface area contributed by atoms with E-state index in [1.54, 1.807) is 0 Å². The molecule has 1 fully saturated rings. The number of carbonyl (C=O) groups excluding carboxylic acids is 1. The first-order valence-corrected chi connectivity index (χ1v) is 9.64. The molecule has 26 heavy (non-hydrogen) atoms. The van der Waals surface area contributed by atoms with E-state index in [1.807, 2.05) is 43.0 Å². The number of thiazole rings is 1. The van der Waals surface area contributed by atoms with Crippen LogP contribution in [0, 0.1) is 0 Å². The molecule has 1 amide bonds. The molecule has 8 heteroatoms. The van der Waals surface area contributed by atoms with Crippen LogP contribution >= 0.6 is 11.3 Å². The second kappa shape index (κ2) is 7.94. The van der Waals surface area contributed by atoms with Crippen LogP contribution in [-0.2, 0) is 11.3 Å². The Hall–Kier alpha value is -2.29. The second-order valence-electron chi connectivity index (χ2n) is 6.45. The van der Waals surface area contributed by atoms with Gasteiger partial charge in [-0.15, -0.1) is 0 Å². The molecular formula is C18H22N6OS. The fourth-order valence-corrected chi connectivity index (χ4v) is 4.02. The maximum Gasteiger partial charge on any atom is 0.240 e. The molecule has 2 aromatic heterocycles. The number of piperazine rings is 1. The van der Waals surface area contributed by atoms with Crippen LogP contribution in [0.15, 0.2) is 43.0 Å². The molecule has 1 aromatic carbocycles. The van der Waals surface area contributed by atoms with Gasteiger partial charge < -0.3 is 9.88 Å². The molecule has 3 heterocycles. The van der Waals surface area contributed by atoms with Crippen LogP contribution < -0.4 is 5.32 Å². The van der Waals surface area contributed by atoms with Gasteiger partial charge in [0.05, 0.1) is 23.1 Å². The van der Waals surface area contributed by atoms with Gasteiger partial charge in [0, 0.05) is 51.7 Å². The van der Waals surface area contributed by atoms with Gasteiger partial charge in [-0.2, -0.15) is 0 Å². The minimum Gasteiger partial charge on any atom is -0.336 e. The SMILES string of the molecule is O=C(CN1CCN(CCn2ccnc2)CC1)Nc1nc2ccccc2s1. The summed E-state index contributed by atoms with van der Waals surface area (Å²) in [6, 6.07) is 7.93. The van der Waals surface area contributed by atoms with Crippen molar-refractivity contribution in [2.75, 3.05) is 44.6 Å². The van der Waals surface area contributed by atoms with Crippen molar-refractivity contribution >= 4 is 32.6 Å². The number of hydrogen-bond acceptors (Lipinski definition) is 6. The average Bonchev–Trinajstić information content (AvgIpc) is 3.30. The van der Waals surface area contributed by atoms with Crippen molar-refractivity contribution in [2.24, 2.45) is 0 Å². The highest BCUT2D eigenvalue weighted by molar-refractivity contribution is 7.22. The standard InChI is InChI=1S/C18H22N6OS/c25-17(21-18-20-15-3-1-2-4-16(15)26-18)13-23-10-7-22(8-11-23)9-12-24-6-5-19-14-24/h1-6,14H,7-13H2,(H,20,21,25). The topological polar surface area (TPSA) is 66.3 Å². The van der Waals surface area contributed by atoms with E-state index in [1.165, 1.54) is 11.3 Å². The number of aromatic nitrogens is 3. The van der Waals surface area contributed by atoms with Crippen LogP contribution in [0.1, 0.15) is 0 Å². The molecule has 3 aromatic rings. The molecular weight excluding hydrogens is 348 g/mol. The first-order valence-electron chi connectivity index (χ1n) is 8.82. The Balaban J connectivity index is 1.21. The van der Waals surface area contributed by atoms with E-state index >= 15 is 0 Å². The van der Waals surface area contributed by atoms with Gasteiger partial charge in [0.25, 0.3) is 0 Å². The monoisotopic (exact) mass is 370 g/mol. The van der Waals surface area contributed by atoms with Crippen molar-refractivity contribution < 1.29 is 4.79 Å². The zero-order valence-electron chi connectivity index (χ0n) is 14.5. The number of para-hydroxylation sites is 1. The van der Waals surface area contributed by atoms with Crippen LogP contribution in [0.5, 0.6) is 0 Å². The Morgan fingerprint density at radius 2 is 1.92 bits per heavy atom. The molecule has 0 saturated carbocycles. The van der Waals surface area contributed by atoms with Crippen LogP contribution in [0.3, 0.4) is 0 Å². The summed E-state index contributed by atoms with van der Waals surface area (Å²) < 4.78 is 3.19. The van der Waals surface area contributed by atoms with E-state index in [-0.39, 0.29) is 5.91 Å². The molecule has 1 N–H and O–H groups in total. The van der Waals surface area contributed by atoms with Gasteiger partial charge in [0.1, 0.15) is 0 Å². The van der Waals surface area contributed by atoms with Gasteiger partial charge in [0.2, 0.25) is 5.91 Å². The number of anilines is 1. The fourth-order valence-electron chi connectivity index (χ4n) is 3.13. The van der Waals surface area contributed by atoms with Crippen LogP contribution in [0.4, 0.5) is 5.13 Å². The molecule has 1 saturated heterocycles. The molecule has 0 atom stereocenters. The van der Waals surface area contributed by atoms with Crippen LogP contribution in [0.25, 0.3) is 10.2 Å². The molecule has 7 nitrogen and oxygen atoms in total. The van der Waals surface area contributed by atoms with Gasteiger partial charge in [-0.25, -0.2) is 9.97 Å². The number of benzene rings is 1. The van der Waals surface area contributed by atoms with E-state index in [4.69, 9.17) is 0 Å². The highest BCUT2D eigenvalue weighted by Gasteiger charge is 2.19. The molecule has 1 aliphatic heterocycles. The lowest BCUT2D eigenvalue weighted by atomic mass is 10.3. The first-order chi connectivity index (χ1) is 12.8. The molecule has 136 valence electrons. The summed E-state index contributed by atoms with van der Waals surface area (Å²) in [7, 11) is 0. The first kappa shape index (κ1) is 17.1. The third kappa shape index (κ3) is 4.27. The van der Waals surface area contributed by atoms with E-state index in [2.05, 4.69) is 29.7 Å². The maximum atomic E-state index is 12.3. The number of carbonyl (C=O) groups is 1. The predicted octanol–water partition coefficient (Wildman–Crippen LogP) is 1.75. The minimum atomic E-state index is 0.0101. The number of nitrogens with one attached hydrogen (secondary N) is 1. The van der Waals surface area contributed by atoms with Crippen LogP contribution in [-0.4, -0.2) is 69.5 Å². The zero-order valence-corrected chi connectivity index (χ0v) is 15.4. The van der Waals surface area contributed by atoms with Crippen molar-refractivity contribution in [1.29, 1.82) is 0 Å². The van der Waals surface area contributed by atoms with Crippen molar-refractivity contribution in [2.45, 2.75) is 6.54 Å². The molecule has 0 bridgehead atoms. The van der Waals surface area contributed by atoms with E-state index in [0.29, 0.717) is 11.7 Å². The number of rotatable bonds is 6. The summed E-state index contributed by atoms with van der Waals surface area (Å²) in [5.74, 6) is 0.0101. The van der Waals surface area contributed by atoms with Gasteiger partial charge in [-0.1, -0.05) is 23.5 Å². The Kier molecular flexibility index (Phi) is 5.24. The van der Waals surface area contributed by atoms with Crippen LogP contribution in [0.2, 0.25) is 0 Å². The van der Waals surface area contributed by atoms with Gasteiger partial charge in [-0.05, 0) is 12.1 Å². The molecule has 0 aliphatic carbocycles. The number of amides is 1. The zero-order chi connectivity index (χ0) is 17.8. The smallest absolute Gasteiger partial charge is 0.240 e. The summed E-state index contributed by atoms with van der Waals surface area (Å²) in [5.41, 5.74) is 0.930. The highest BCUT2D eigenvalue weighted by atomic mass is 32.1. The lowest BCUT2D eigenvalue weighted by Gasteiger charge is -2.34. The molecule has 0 radical (unpaired) electrons. The molecule has 0 unspecified atom stereocenters. The Morgan fingerprint density at radius 3 is 2.69 bits per heavy atom. The van der Waals surface area contributed by atoms with Gasteiger partial charge >= 0.3 is 0 Å². The highest BCUT2D eigenvalue weighted by Crippen LogP contribution is 2.25. The number of imidazole rings is 1. The Morgan fingerprint density at radius 1 is 1.12 bits per heavy atom. The summed E-state index contributed by atoms with van der Waals surface area (Å²) >= 11 is 1.52. The average molecular weight is 370 g/mol. The Bertz CT molecular complexity index is 821. The van der Waals surface area contributed by atoms with E-state index in [0.717, 1.165) is 49.5 Å². The lowest BCUT2D eigenvalue weighted by Crippen LogP contribution is -2.49. The largest absolute Gasteiger partial charge is 0.336 e. The van der Waals surface area contributed by atoms with Crippen molar-refractivity contribution in [3.63, 3.8) is 0 Å². The Labute approximate surface area is 156 Å². The normalized spacial score (nSPS) is 16.2. The van der Waals surface area contributed by atoms with Crippen molar-refractivity contribution in [3.05, 3.63) is 43.0 Å². The quantitative estimate of drug-likeness (QED) is 0.716. The third-order valence-corrected chi connectivity index (χ3v) is 5.56. The second-order valence-corrected chi connectivity index (χ2v) is 7.48. The third-order valence-electron chi connectivity index (χ3n) is 4.61. The summed E-state index contributed by atoms with van der Waals surface area (Å²) in [4.78, 5) is 25.5. The minimum absolute atomic E-state index is 0.0101. The summed E-state index contributed by atoms with van der Waals surface area (Å²) in [5, 5.41) is 3.61. The van der Waals surface area contributed by atoms with Gasteiger partial charge in [-0.3, -0.25) is 14.6 Å². The number of nitrogens with zero attached hydrogens (tertiary/aromatic N) is 5. The van der Waals surface area contributed by atoms with E-state index in [9.17, 15) is 4.79 Å². The lowest BCUT2D eigenvalue weighted by molar-refractivity contribution is -0.117. The van der Waals surface area contributed by atoms with Crippen molar-refractivity contribution in [1.82, 2.24) is 24.3 Å². The molecule has 0 spiro atoms. The number of hydrogen-bond donors (Lipinski definition) is 1. The molecule has 4 rings (SSSR count). The maximum absolute atomic E-state index is 12.3. The summed E-state index contributed by atoms with van der Waals surface area (Å²) in [6.45, 7) is 6.20. The van der Waals surface area contributed by atoms with Crippen molar-refractivity contribution in [3.8, 4) is 0 Å².